The Balaban J connectivity index is 0.000000124. The first-order valence-electron chi connectivity index (χ1n) is 44.5. The Bertz CT molecular complexity index is 6240. The molecule has 5 atom stereocenters. The van der Waals surface area contributed by atoms with Crippen molar-refractivity contribution in [3.63, 3.8) is 0 Å². The summed E-state index contributed by atoms with van der Waals surface area (Å²) in [5.41, 5.74) is 5.45. The molecule has 8 saturated heterocycles. The highest BCUT2D eigenvalue weighted by molar-refractivity contribution is 5.96. The monoisotopic (exact) mass is 1830 g/mol. The number of piperazine rings is 3. The minimum Gasteiger partial charge on any atom is -0.389 e. The molecule has 16 heterocycles. The smallest absolute Gasteiger partial charge is 0.247 e. The zero-order valence-electron chi connectivity index (χ0n) is 73.1. The SMILES string of the molecule is CC(C)(O)C1CN(C(=O)/C=C/c2cnn3ccc(N4CCC[C@@H]4c4cc(F)ccc4F)nc23)CCN1.O=C(/C=C/c1cnn2ccc(N3CCC[C@@H]3c3cc(F)ccc3F)nc12)N1CCNCC1.O=C(/C=C/c1cnn2ccc(N3CCC[C@@H]3c3cc(F)ccc3F)nc12)N1CCOCC1.O=C1CN(C(=O)/C=C/c2cnn3ccc(N4CCC[C@@H]4c4cc(F)ccc4F)nc23)CCN1. The molecular weight excluding hydrogens is 1730 g/mol. The minimum absolute atomic E-state index is 0.0350. The van der Waals surface area contributed by atoms with Crippen molar-refractivity contribution in [1.82, 2.24) is 93.9 Å². The zero-order valence-corrected chi connectivity index (χ0v) is 73.1. The molecule has 133 heavy (non-hydrogen) atoms. The van der Waals surface area contributed by atoms with Crippen molar-refractivity contribution in [3.05, 3.63) is 262 Å². The van der Waals surface area contributed by atoms with E-state index in [2.05, 4.69) is 36.3 Å². The number of morpholine rings is 1. The van der Waals surface area contributed by atoms with Gasteiger partial charge in [0, 0.05) is 192 Å². The standard InChI is InChI=1S/C26H30F2N6O2.C23H22F2N6O2.C23H24F2N6O.C23H23F2N5O2/c1-26(2,36)22-16-32(13-10-29-22)24(35)8-5-17-15-30-34-12-9-23(31-25(17)34)33-11-3-4-21(33)19-14-18(27)6-7-20(19)28;24-16-4-5-18(25)17(12-16)19-2-1-9-30(19)20-7-10-31-23(28-20)15(13-27-31)3-6-22(33)29-11-8-26-21(32)14-29;24-17-4-5-19(25)18(14-17)20-2-1-10-30(20)21-7-11-31-23(28-21)16(15-27-31)3-6-22(32)29-12-8-26-9-13-29;24-17-4-5-19(25)18(14-17)20-2-1-8-29(20)21-7-9-30-23(27-21)16(15-26-30)3-6-22(31)28-10-12-32-13-11-28/h5-9,12,14-15,21-22,29,36H,3-4,10-11,13,16H2,1-2H3;3-7,10,12-13,19H,1-2,8-9,11,14H2,(H,26,32);3-7,11,14-15,20,26H,1-2,8-10,12-13H2;3-7,9,14-15,20H,1-2,8,10-13H2/b8-5+;3*6-3+/t21-,22?;19-;2*20-/m1111/s1. The van der Waals surface area contributed by atoms with E-state index in [4.69, 9.17) is 24.7 Å². The molecule has 0 spiro atoms. The van der Waals surface area contributed by atoms with E-state index >= 15 is 0 Å². The third-order valence-electron chi connectivity index (χ3n) is 25.0. The highest BCUT2D eigenvalue weighted by Crippen LogP contribution is 2.42. The van der Waals surface area contributed by atoms with E-state index in [0.717, 1.165) is 87.2 Å². The van der Waals surface area contributed by atoms with Gasteiger partial charge >= 0.3 is 0 Å². The topological polar surface area (TPSA) is 298 Å². The van der Waals surface area contributed by atoms with Gasteiger partial charge in [-0.1, -0.05) is 0 Å². The molecule has 4 N–H and O–H groups in total. The van der Waals surface area contributed by atoms with Crippen molar-refractivity contribution >= 4 is 99.7 Å². The lowest BCUT2D eigenvalue weighted by Gasteiger charge is -2.39. The van der Waals surface area contributed by atoms with Gasteiger partial charge in [-0.15, -0.1) is 0 Å². The molecule has 1 unspecified atom stereocenters. The fourth-order valence-corrected chi connectivity index (χ4v) is 18.1. The highest BCUT2D eigenvalue weighted by Gasteiger charge is 2.37. The van der Waals surface area contributed by atoms with E-state index in [1.807, 2.05) is 37.8 Å². The first-order valence-corrected chi connectivity index (χ1v) is 44.5. The molecule has 4 aromatic carbocycles. The van der Waals surface area contributed by atoms with E-state index in [-0.39, 0.29) is 66.3 Å². The molecular formula is C95H99F8N23O7. The molecule has 5 amide bonds. The summed E-state index contributed by atoms with van der Waals surface area (Å²) in [7, 11) is 0. The Hall–Kier alpha value is -13.9. The predicted molar refractivity (Wildman–Crippen MR) is 482 cm³/mol. The van der Waals surface area contributed by atoms with Crippen LogP contribution in [-0.4, -0.2) is 242 Å². The van der Waals surface area contributed by atoms with Crippen molar-refractivity contribution < 1.29 is 68.9 Å². The van der Waals surface area contributed by atoms with E-state index < -0.39 is 52.1 Å². The number of carbonyl (C=O) groups excluding carboxylic acids is 5. The number of fused-ring (bicyclic) bond motifs is 4. The lowest BCUT2D eigenvalue weighted by atomic mass is 9.97. The van der Waals surface area contributed by atoms with Crippen LogP contribution in [0.15, 0.2) is 171 Å². The Morgan fingerprint density at radius 1 is 0.398 bits per heavy atom. The number of halogens is 8. The van der Waals surface area contributed by atoms with Crippen LogP contribution in [-0.2, 0) is 28.7 Å². The Morgan fingerprint density at radius 2 is 0.707 bits per heavy atom. The maximum Gasteiger partial charge on any atom is 0.247 e. The Kier molecular flexibility index (Phi) is 27.7. The number of carbonyl (C=O) groups is 5. The van der Waals surface area contributed by atoms with Gasteiger partial charge in [-0.2, -0.15) is 20.4 Å². The molecule has 0 saturated carbocycles. The molecule has 12 aromatic rings. The molecule has 8 fully saturated rings. The normalized spacial score (nSPS) is 19.8. The van der Waals surface area contributed by atoms with Crippen LogP contribution in [0.2, 0.25) is 0 Å². The second-order valence-electron chi connectivity index (χ2n) is 34.1. The third kappa shape index (κ3) is 20.9. The fraction of sp³-hybridized carbons (Fsp3) is 0.358. The minimum atomic E-state index is -0.937. The van der Waals surface area contributed by atoms with Gasteiger partial charge in [0.2, 0.25) is 29.5 Å². The van der Waals surface area contributed by atoms with Crippen LogP contribution in [0.25, 0.3) is 46.9 Å². The summed E-state index contributed by atoms with van der Waals surface area (Å²) in [5.74, 6) is -1.64. The predicted octanol–water partition coefficient (Wildman–Crippen LogP) is 11.3. The summed E-state index contributed by atoms with van der Waals surface area (Å²) in [6.07, 6.45) is 32.6. The third-order valence-corrected chi connectivity index (χ3v) is 25.0. The highest BCUT2D eigenvalue weighted by atomic mass is 19.2. The summed E-state index contributed by atoms with van der Waals surface area (Å²) < 4.78 is 125. The number of aliphatic hydroxyl groups is 1. The molecule has 38 heteroatoms. The van der Waals surface area contributed by atoms with Gasteiger partial charge in [-0.25, -0.2) is 73.1 Å². The first kappa shape index (κ1) is 91.1. The number of anilines is 4. The van der Waals surface area contributed by atoms with Gasteiger partial charge < -0.3 is 65.0 Å². The molecule has 8 aliphatic rings. The first-order chi connectivity index (χ1) is 64.4. The summed E-state index contributed by atoms with van der Waals surface area (Å²) in [4.78, 5) is 95.4. The maximum atomic E-state index is 14.5. The second-order valence-corrected chi connectivity index (χ2v) is 34.1. The number of hydrogen-bond acceptors (Lipinski definition) is 21. The van der Waals surface area contributed by atoms with Gasteiger partial charge in [0.1, 0.15) is 69.8 Å². The average Bonchev–Trinajstić information content (AvgIpc) is 1.45. The number of amides is 5. The van der Waals surface area contributed by atoms with Crippen molar-refractivity contribution in [1.29, 1.82) is 0 Å². The van der Waals surface area contributed by atoms with Crippen LogP contribution >= 0.6 is 0 Å². The van der Waals surface area contributed by atoms with Crippen LogP contribution in [0.1, 0.15) is 134 Å². The average molecular weight is 1830 g/mol. The molecule has 692 valence electrons. The van der Waals surface area contributed by atoms with Crippen LogP contribution in [0.3, 0.4) is 0 Å². The Labute approximate surface area is 759 Å². The molecule has 8 aliphatic heterocycles. The van der Waals surface area contributed by atoms with E-state index in [1.165, 1.54) is 59.5 Å². The molecule has 0 bridgehead atoms. The molecule has 0 aliphatic carbocycles. The van der Waals surface area contributed by atoms with Crippen molar-refractivity contribution in [2.75, 3.05) is 138 Å². The molecule has 30 nitrogen and oxygen atoms in total. The van der Waals surface area contributed by atoms with Crippen molar-refractivity contribution in [2.24, 2.45) is 0 Å². The molecule has 8 aromatic heterocycles. The lowest BCUT2D eigenvalue weighted by molar-refractivity contribution is -0.134. The lowest BCUT2D eigenvalue weighted by Crippen LogP contribution is -2.60. The molecule has 0 radical (unpaired) electrons. The van der Waals surface area contributed by atoms with Crippen LogP contribution < -0.4 is 35.6 Å². The summed E-state index contributed by atoms with van der Waals surface area (Å²) in [5, 5.41) is 36.7. The number of ether oxygens (including phenoxy) is 1. The second kappa shape index (κ2) is 40.5. The van der Waals surface area contributed by atoms with Crippen LogP contribution in [0.5, 0.6) is 0 Å². The number of nitrogens with one attached hydrogen (secondary N) is 3. The van der Waals surface area contributed by atoms with E-state index in [9.17, 15) is 64.2 Å². The van der Waals surface area contributed by atoms with Crippen molar-refractivity contribution in [2.45, 2.75) is 101 Å². The van der Waals surface area contributed by atoms with Gasteiger partial charge in [0.25, 0.3) is 0 Å². The number of nitrogens with zero attached hydrogens (tertiary/aromatic N) is 20. The van der Waals surface area contributed by atoms with Crippen LogP contribution in [0.4, 0.5) is 58.4 Å². The quantitative estimate of drug-likeness (QED) is 0.0486. The van der Waals surface area contributed by atoms with Gasteiger partial charge in [-0.05, 0) is 187 Å². The largest absolute Gasteiger partial charge is 0.389 e. The number of benzene rings is 4. The van der Waals surface area contributed by atoms with Crippen molar-refractivity contribution in [3.8, 4) is 0 Å². The number of rotatable bonds is 17. The van der Waals surface area contributed by atoms with E-state index in [1.54, 1.807) is 133 Å². The maximum absolute atomic E-state index is 14.5. The van der Waals surface area contributed by atoms with Gasteiger partial charge in [0.05, 0.1) is 80.4 Å². The number of aromatic nitrogens is 12. The van der Waals surface area contributed by atoms with Crippen LogP contribution in [0, 0.1) is 46.5 Å². The van der Waals surface area contributed by atoms with Gasteiger partial charge in [-0.3, -0.25) is 24.0 Å². The summed E-state index contributed by atoms with van der Waals surface area (Å²) >= 11 is 0. The number of hydrogen-bond donors (Lipinski definition) is 4. The molecule has 20 rings (SSSR count). The summed E-state index contributed by atoms with van der Waals surface area (Å²) in [6.45, 7) is 13.9. The zero-order chi connectivity index (χ0) is 92.6. The fourth-order valence-electron chi connectivity index (χ4n) is 18.1. The Morgan fingerprint density at radius 3 is 1.04 bits per heavy atom. The van der Waals surface area contributed by atoms with E-state index in [0.29, 0.717) is 202 Å². The van der Waals surface area contributed by atoms with Gasteiger partial charge in [0.15, 0.2) is 22.6 Å². The summed E-state index contributed by atoms with van der Waals surface area (Å²) in [6, 6.07) is 20.1.